The molecule has 0 radical (unpaired) electrons. The Bertz CT molecular complexity index is 2560. The van der Waals surface area contributed by atoms with E-state index in [4.69, 9.17) is 28.9 Å². The number of amides is 2. The van der Waals surface area contributed by atoms with Crippen molar-refractivity contribution in [3.05, 3.63) is 179 Å². The fourth-order valence-corrected chi connectivity index (χ4v) is 7.90. The smallest absolute Gasteiger partial charge is 0.252 e. The molecule has 0 saturated carbocycles. The monoisotopic (exact) mass is 856 g/mol. The first-order chi connectivity index (χ1) is 31.3. The summed E-state index contributed by atoms with van der Waals surface area (Å²) in [7, 11) is 0. The number of benzodiazepines with no additional fused rings is 2. The van der Waals surface area contributed by atoms with Crippen molar-refractivity contribution in [3.63, 3.8) is 0 Å². The van der Waals surface area contributed by atoms with Gasteiger partial charge in [-0.15, -0.1) is 0 Å². The van der Waals surface area contributed by atoms with E-state index in [0.717, 1.165) is 50.5 Å². The molecule has 10 heteroatoms. The highest BCUT2D eigenvalue weighted by Crippen LogP contribution is 2.40. The molecule has 0 bridgehead atoms. The number of carbonyl (C=O) groups excluding carboxylic acids is 2. The molecule has 2 aliphatic rings. The number of aliphatic imine (C=N–C) groups is 2. The van der Waals surface area contributed by atoms with Crippen LogP contribution in [0.5, 0.6) is 23.0 Å². The van der Waals surface area contributed by atoms with Crippen LogP contribution in [0.2, 0.25) is 0 Å². The van der Waals surface area contributed by atoms with Gasteiger partial charge in [0.25, 0.3) is 5.91 Å². The van der Waals surface area contributed by atoms with Gasteiger partial charge in [0.05, 0.1) is 49.2 Å². The third-order valence-electron chi connectivity index (χ3n) is 10.8. The van der Waals surface area contributed by atoms with Gasteiger partial charge in [0, 0.05) is 53.8 Å². The SMILES string of the molecule is CCOc1cc2c(cc1OCC)C(c1ccccc1)=NC(Cc1ccccc1)C(=O)N2.CCOc1cc2c(cc1OCC)N(CC)C(=O)C(Cc1ccccc1)N=C2c1ccccc1. The van der Waals surface area contributed by atoms with Gasteiger partial charge in [-0.2, -0.15) is 0 Å². The average Bonchev–Trinajstić information content (AvgIpc) is 3.52. The largest absolute Gasteiger partial charge is 0.490 e. The summed E-state index contributed by atoms with van der Waals surface area (Å²) in [5.41, 5.74) is 8.79. The molecular weight excluding hydrogens is 801 g/mol. The minimum atomic E-state index is -0.545. The first-order valence-electron chi connectivity index (χ1n) is 22.2. The molecule has 8 rings (SSSR count). The molecule has 6 aromatic rings. The topological polar surface area (TPSA) is 111 Å². The Morgan fingerprint density at radius 1 is 0.500 bits per heavy atom. The van der Waals surface area contributed by atoms with Crippen molar-refractivity contribution in [1.82, 2.24) is 0 Å². The summed E-state index contributed by atoms with van der Waals surface area (Å²) in [6.45, 7) is 12.3. The number of rotatable bonds is 15. The summed E-state index contributed by atoms with van der Waals surface area (Å²) in [4.78, 5) is 38.7. The van der Waals surface area contributed by atoms with Gasteiger partial charge in [0.2, 0.25) is 5.91 Å². The predicted octanol–water partition coefficient (Wildman–Crippen LogP) is 10.2. The molecule has 2 aliphatic heterocycles. The summed E-state index contributed by atoms with van der Waals surface area (Å²) in [5, 5.41) is 3.07. The standard InChI is InChI=1S/C28H30N2O3.C26H26N2O3/c1-4-30-24-19-26(33-6-3)25(32-5-2)18-22(24)27(21-15-11-8-12-16-21)29-23(28(30)31)17-20-13-9-7-10-14-20;1-3-30-23-16-20-21(17-24(23)31-4-2)28-26(29)22(15-18-11-7-5-8-12-18)27-25(20)19-13-9-6-10-14-19/h7-16,18-19,23H,4-6,17H2,1-3H3;5-14,16-17,22H,3-4,15H2,1-2H3,(H,28,29). The van der Waals surface area contributed by atoms with Gasteiger partial charge in [-0.3, -0.25) is 19.6 Å². The van der Waals surface area contributed by atoms with Gasteiger partial charge in [0.1, 0.15) is 12.1 Å². The van der Waals surface area contributed by atoms with Crippen LogP contribution < -0.4 is 29.2 Å². The number of nitrogens with zero attached hydrogens (tertiary/aromatic N) is 3. The van der Waals surface area contributed by atoms with Crippen LogP contribution in [0.15, 0.2) is 156 Å². The number of hydrogen-bond donors (Lipinski definition) is 1. The molecule has 0 spiro atoms. The van der Waals surface area contributed by atoms with Crippen LogP contribution in [-0.4, -0.2) is 68.3 Å². The summed E-state index contributed by atoms with van der Waals surface area (Å²) in [6, 6.07) is 46.5. The zero-order valence-electron chi connectivity index (χ0n) is 37.3. The maximum absolute atomic E-state index is 13.7. The summed E-state index contributed by atoms with van der Waals surface area (Å²) in [6.07, 6.45) is 1.06. The van der Waals surface area contributed by atoms with Crippen molar-refractivity contribution in [1.29, 1.82) is 0 Å². The number of ether oxygens (including phenoxy) is 4. The molecule has 0 aliphatic carbocycles. The average molecular weight is 857 g/mol. The molecule has 328 valence electrons. The van der Waals surface area contributed by atoms with E-state index in [-0.39, 0.29) is 11.8 Å². The third kappa shape index (κ3) is 10.5. The lowest BCUT2D eigenvalue weighted by Crippen LogP contribution is -2.38. The zero-order valence-corrected chi connectivity index (χ0v) is 37.3. The second kappa shape index (κ2) is 21.7. The summed E-state index contributed by atoms with van der Waals surface area (Å²) < 4.78 is 23.4. The number of carbonyl (C=O) groups is 2. The quantitative estimate of drug-likeness (QED) is 0.110. The second-order valence-electron chi connectivity index (χ2n) is 15.1. The highest BCUT2D eigenvalue weighted by molar-refractivity contribution is 6.21. The number of nitrogens with one attached hydrogen (secondary N) is 1. The number of anilines is 2. The highest BCUT2D eigenvalue weighted by Gasteiger charge is 2.33. The van der Waals surface area contributed by atoms with Crippen LogP contribution in [0.1, 0.15) is 68.0 Å². The van der Waals surface area contributed by atoms with E-state index in [2.05, 4.69) is 5.32 Å². The number of likely N-dealkylation sites (N-methyl/N-ethyl adjacent to an activating group) is 1. The van der Waals surface area contributed by atoms with Crippen molar-refractivity contribution < 1.29 is 28.5 Å². The van der Waals surface area contributed by atoms with Gasteiger partial charge < -0.3 is 29.2 Å². The molecule has 2 heterocycles. The first kappa shape index (κ1) is 44.8. The first-order valence-corrected chi connectivity index (χ1v) is 22.2. The van der Waals surface area contributed by atoms with Gasteiger partial charge in [-0.05, 0) is 57.9 Å². The van der Waals surface area contributed by atoms with E-state index in [9.17, 15) is 9.59 Å². The molecule has 2 amide bonds. The van der Waals surface area contributed by atoms with Crippen LogP contribution in [-0.2, 0) is 22.4 Å². The Labute approximate surface area is 376 Å². The molecule has 10 nitrogen and oxygen atoms in total. The van der Waals surface area contributed by atoms with E-state index in [1.54, 1.807) is 0 Å². The fourth-order valence-electron chi connectivity index (χ4n) is 7.90. The minimum absolute atomic E-state index is 0.0138. The van der Waals surface area contributed by atoms with Gasteiger partial charge in [-0.1, -0.05) is 121 Å². The normalized spacial score (nSPS) is 15.4. The van der Waals surface area contributed by atoms with Gasteiger partial charge >= 0.3 is 0 Å². The van der Waals surface area contributed by atoms with Crippen LogP contribution in [0.3, 0.4) is 0 Å². The lowest BCUT2D eigenvalue weighted by Gasteiger charge is -2.25. The summed E-state index contributed by atoms with van der Waals surface area (Å²) >= 11 is 0. The van der Waals surface area contributed by atoms with E-state index in [1.807, 2.05) is 185 Å². The van der Waals surface area contributed by atoms with Gasteiger partial charge in [-0.25, -0.2) is 0 Å². The van der Waals surface area contributed by atoms with Crippen LogP contribution in [0, 0.1) is 0 Å². The third-order valence-corrected chi connectivity index (χ3v) is 10.8. The van der Waals surface area contributed by atoms with Crippen molar-refractivity contribution in [2.45, 2.75) is 59.5 Å². The maximum Gasteiger partial charge on any atom is 0.252 e. The molecule has 2 unspecified atom stereocenters. The van der Waals surface area contributed by atoms with Crippen molar-refractivity contribution >= 4 is 34.6 Å². The Morgan fingerprint density at radius 2 is 0.906 bits per heavy atom. The van der Waals surface area contributed by atoms with E-state index in [0.29, 0.717) is 74.5 Å². The molecular formula is C54H56N4O6. The van der Waals surface area contributed by atoms with Crippen LogP contribution >= 0.6 is 0 Å². The van der Waals surface area contributed by atoms with Crippen LogP contribution in [0.25, 0.3) is 0 Å². The minimum Gasteiger partial charge on any atom is -0.490 e. The number of fused-ring (bicyclic) bond motifs is 2. The molecule has 1 N–H and O–H groups in total. The molecule has 0 aromatic heterocycles. The highest BCUT2D eigenvalue weighted by atomic mass is 16.5. The Balaban J connectivity index is 0.000000192. The van der Waals surface area contributed by atoms with Crippen LogP contribution in [0.4, 0.5) is 11.4 Å². The van der Waals surface area contributed by atoms with Gasteiger partial charge in [0.15, 0.2) is 23.0 Å². The number of benzene rings is 6. The Kier molecular flexibility index (Phi) is 15.2. The van der Waals surface area contributed by atoms with Crippen molar-refractivity contribution in [3.8, 4) is 23.0 Å². The zero-order chi connectivity index (χ0) is 44.8. The van der Waals surface area contributed by atoms with Crippen molar-refractivity contribution in [2.24, 2.45) is 9.98 Å². The molecule has 6 aromatic carbocycles. The maximum atomic E-state index is 13.7. The summed E-state index contributed by atoms with van der Waals surface area (Å²) in [5.74, 6) is 2.40. The lowest BCUT2D eigenvalue weighted by atomic mass is 9.99. The van der Waals surface area contributed by atoms with E-state index in [1.165, 1.54) is 0 Å². The predicted molar refractivity (Wildman–Crippen MR) is 256 cm³/mol. The number of hydrogen-bond acceptors (Lipinski definition) is 8. The molecule has 2 atom stereocenters. The molecule has 0 fully saturated rings. The molecule has 0 saturated heterocycles. The second-order valence-corrected chi connectivity index (χ2v) is 15.1. The molecule has 64 heavy (non-hydrogen) atoms. The van der Waals surface area contributed by atoms with E-state index < -0.39 is 12.1 Å². The Hall–Kier alpha value is -7.20. The lowest BCUT2D eigenvalue weighted by molar-refractivity contribution is -0.119. The fraction of sp³-hybridized carbons (Fsp3) is 0.259. The van der Waals surface area contributed by atoms with Crippen molar-refractivity contribution in [2.75, 3.05) is 43.2 Å². The van der Waals surface area contributed by atoms with E-state index >= 15 is 0 Å². The Morgan fingerprint density at radius 3 is 1.39 bits per heavy atom.